The Hall–Kier alpha value is -1.65. The van der Waals surface area contributed by atoms with Crippen LogP contribution in [-0.4, -0.2) is 20.5 Å². The smallest absolute Gasteiger partial charge is 0.309 e. The minimum absolute atomic E-state index is 0.345. The van der Waals surface area contributed by atoms with Crippen molar-refractivity contribution in [2.24, 2.45) is 5.92 Å². The molecule has 146 valence electrons. The molecule has 0 amide bonds. The van der Waals surface area contributed by atoms with Crippen LogP contribution in [-0.2, 0) is 20.3 Å². The van der Waals surface area contributed by atoms with E-state index in [1.54, 1.807) is 6.92 Å². The summed E-state index contributed by atoms with van der Waals surface area (Å²) in [5, 5.41) is 0. The van der Waals surface area contributed by atoms with E-state index in [2.05, 4.69) is 0 Å². The highest BCUT2D eigenvalue weighted by Crippen LogP contribution is 2.36. The first-order valence-corrected chi connectivity index (χ1v) is 10.6. The summed E-state index contributed by atoms with van der Waals surface area (Å²) in [6, 6.07) is 17.0. The van der Waals surface area contributed by atoms with Gasteiger partial charge in [0, 0.05) is 10.8 Å². The maximum atomic E-state index is 13.1. The lowest BCUT2D eigenvalue weighted by molar-refractivity contribution is -0.160. The number of aryl methyl sites for hydroxylation is 1. The van der Waals surface area contributed by atoms with Crippen molar-refractivity contribution in [1.82, 2.24) is 0 Å². The van der Waals surface area contributed by atoms with Crippen LogP contribution in [0.1, 0.15) is 44.7 Å². The Bertz CT molecular complexity index is 781. The second-order valence-electron chi connectivity index (χ2n) is 7.72. The van der Waals surface area contributed by atoms with Gasteiger partial charge >= 0.3 is 5.97 Å². The number of halogens is 1. The molecule has 0 N–H and O–H groups in total. The largest absolute Gasteiger partial charge is 0.460 e. The van der Waals surface area contributed by atoms with Gasteiger partial charge in [0.05, 0.1) is 16.7 Å². The van der Waals surface area contributed by atoms with Gasteiger partial charge in [0.1, 0.15) is 10.3 Å². The summed E-state index contributed by atoms with van der Waals surface area (Å²) in [6.07, 6.45) is 0. The molecule has 0 aliphatic carbocycles. The van der Waals surface area contributed by atoms with Crippen LogP contribution in [0.15, 0.2) is 59.5 Å². The minimum Gasteiger partial charge on any atom is -0.460 e. The molecule has 3 nitrogen and oxygen atoms in total. The number of hydrogen-bond donors (Lipinski definition) is 0. The molecule has 0 saturated heterocycles. The van der Waals surface area contributed by atoms with Crippen molar-refractivity contribution in [3.05, 3.63) is 65.7 Å². The Labute approximate surface area is 169 Å². The van der Waals surface area contributed by atoms with Crippen LogP contribution >= 0.6 is 11.6 Å². The maximum Gasteiger partial charge on any atom is 0.309 e. The predicted octanol–water partition coefficient (Wildman–Crippen LogP) is 5.43. The highest BCUT2D eigenvalue weighted by Gasteiger charge is 2.37. The molecule has 0 bridgehead atoms. The van der Waals surface area contributed by atoms with Gasteiger partial charge in [-0.1, -0.05) is 55.0 Å². The number of carbonyl (C=O) groups is 1. The third kappa shape index (κ3) is 5.91. The third-order valence-corrected chi connectivity index (χ3v) is 6.44. The van der Waals surface area contributed by atoms with Crippen molar-refractivity contribution in [2.75, 3.05) is 0 Å². The molecule has 4 atom stereocenters. The average Bonchev–Trinajstić information content (AvgIpc) is 2.61. The van der Waals surface area contributed by atoms with Gasteiger partial charge < -0.3 is 4.74 Å². The van der Waals surface area contributed by atoms with Crippen LogP contribution in [0, 0.1) is 12.8 Å². The lowest BCUT2D eigenvalue weighted by Gasteiger charge is -2.29. The standard InChI is InChI=1S/C22H27ClO3S/c1-15-11-13-18(14-12-15)27(25)20(23)19(17-9-7-6-8-10-17)16(2)21(24)26-22(3,4)5/h6-14,16,19-20H,1-5H3/t16-,19-,20-,27?/m1/s1. The summed E-state index contributed by atoms with van der Waals surface area (Å²) in [4.78, 5) is 13.4. The van der Waals surface area contributed by atoms with E-state index in [1.165, 1.54) is 0 Å². The van der Waals surface area contributed by atoms with Crippen molar-refractivity contribution in [2.45, 2.75) is 55.7 Å². The van der Waals surface area contributed by atoms with Crippen LogP contribution in [0.4, 0.5) is 0 Å². The predicted molar refractivity (Wildman–Crippen MR) is 111 cm³/mol. The second kappa shape index (κ2) is 9.03. The maximum absolute atomic E-state index is 13.1. The molecule has 0 spiro atoms. The summed E-state index contributed by atoms with van der Waals surface area (Å²) in [5.41, 5.74) is 1.37. The van der Waals surface area contributed by atoms with Crippen LogP contribution < -0.4 is 0 Å². The van der Waals surface area contributed by atoms with Gasteiger partial charge in [0.2, 0.25) is 0 Å². The van der Waals surface area contributed by atoms with Gasteiger partial charge in [-0.15, -0.1) is 11.6 Å². The lowest BCUT2D eigenvalue weighted by atomic mass is 9.88. The topological polar surface area (TPSA) is 43.4 Å². The van der Waals surface area contributed by atoms with E-state index >= 15 is 0 Å². The zero-order chi connectivity index (χ0) is 20.2. The third-order valence-electron chi connectivity index (χ3n) is 4.24. The molecule has 0 aromatic heterocycles. The fourth-order valence-electron chi connectivity index (χ4n) is 2.82. The molecule has 0 aliphatic rings. The SMILES string of the molecule is Cc1ccc(S(=O)[C@@H](Cl)[C@@H](c2ccccc2)[C@@H](C)C(=O)OC(C)(C)C)cc1. The molecule has 2 aromatic carbocycles. The van der Waals surface area contributed by atoms with Crippen molar-refractivity contribution in [3.63, 3.8) is 0 Å². The van der Waals surface area contributed by atoms with Crippen LogP contribution in [0.3, 0.4) is 0 Å². The normalized spacial score (nSPS) is 16.2. The molecular formula is C22H27ClO3S. The zero-order valence-electron chi connectivity index (χ0n) is 16.4. The van der Waals surface area contributed by atoms with Crippen LogP contribution in [0.25, 0.3) is 0 Å². The molecule has 1 unspecified atom stereocenters. The van der Waals surface area contributed by atoms with Crippen LogP contribution in [0.2, 0.25) is 0 Å². The highest BCUT2D eigenvalue weighted by atomic mass is 35.5. The molecule has 0 aliphatic heterocycles. The van der Waals surface area contributed by atoms with Crippen LogP contribution in [0.5, 0.6) is 0 Å². The van der Waals surface area contributed by atoms with E-state index in [1.807, 2.05) is 82.3 Å². The van der Waals surface area contributed by atoms with E-state index in [4.69, 9.17) is 16.3 Å². The van der Waals surface area contributed by atoms with Gasteiger partial charge in [-0.3, -0.25) is 9.00 Å². The van der Waals surface area contributed by atoms with E-state index in [9.17, 15) is 9.00 Å². The molecule has 0 fully saturated rings. The first kappa shape index (κ1) is 21.6. The van der Waals surface area contributed by atoms with Gasteiger partial charge in [0.25, 0.3) is 0 Å². The Morgan fingerprint density at radius 1 is 1.04 bits per heavy atom. The van der Waals surface area contributed by atoms with Crippen molar-refractivity contribution >= 4 is 28.4 Å². The molecule has 2 rings (SSSR count). The van der Waals surface area contributed by atoms with E-state index in [0.29, 0.717) is 4.90 Å². The summed E-state index contributed by atoms with van der Waals surface area (Å²) in [6.45, 7) is 9.25. The molecule has 0 saturated carbocycles. The lowest BCUT2D eigenvalue weighted by Crippen LogP contribution is -2.34. The summed E-state index contributed by atoms with van der Waals surface area (Å²) in [7, 11) is -1.47. The van der Waals surface area contributed by atoms with Crippen molar-refractivity contribution < 1.29 is 13.7 Å². The molecule has 0 heterocycles. The van der Waals surface area contributed by atoms with Gasteiger partial charge in [-0.2, -0.15) is 0 Å². The second-order valence-corrected chi connectivity index (χ2v) is 10.0. The summed E-state index contributed by atoms with van der Waals surface area (Å²) >= 11 is 6.71. The number of ether oxygens (including phenoxy) is 1. The molecule has 5 heteroatoms. The van der Waals surface area contributed by atoms with Gasteiger partial charge in [-0.05, 0) is 45.4 Å². The van der Waals surface area contributed by atoms with E-state index in [-0.39, 0.29) is 5.97 Å². The van der Waals surface area contributed by atoms with Gasteiger partial charge in [0.15, 0.2) is 0 Å². The molecule has 2 aromatic rings. The average molecular weight is 407 g/mol. The number of rotatable bonds is 6. The fraction of sp³-hybridized carbons (Fsp3) is 0.409. The quantitative estimate of drug-likeness (QED) is 0.474. The van der Waals surface area contributed by atoms with Gasteiger partial charge in [-0.25, -0.2) is 0 Å². The number of hydrogen-bond acceptors (Lipinski definition) is 3. The monoisotopic (exact) mass is 406 g/mol. The Kier molecular flexibility index (Phi) is 7.24. The minimum atomic E-state index is -1.47. The first-order valence-electron chi connectivity index (χ1n) is 8.99. The van der Waals surface area contributed by atoms with Crippen molar-refractivity contribution in [3.8, 4) is 0 Å². The number of benzene rings is 2. The molecule has 0 radical (unpaired) electrons. The van der Waals surface area contributed by atoms with E-state index in [0.717, 1.165) is 11.1 Å². The highest BCUT2D eigenvalue weighted by molar-refractivity contribution is 7.87. The Morgan fingerprint density at radius 2 is 1.59 bits per heavy atom. The van der Waals surface area contributed by atoms with E-state index < -0.39 is 32.9 Å². The zero-order valence-corrected chi connectivity index (χ0v) is 18.0. The number of esters is 1. The van der Waals surface area contributed by atoms with Crippen molar-refractivity contribution in [1.29, 1.82) is 0 Å². The molecular weight excluding hydrogens is 380 g/mol. The summed E-state index contributed by atoms with van der Waals surface area (Å²) in [5.74, 6) is -1.32. The molecule has 27 heavy (non-hydrogen) atoms. The first-order chi connectivity index (χ1) is 12.6. The Morgan fingerprint density at radius 3 is 2.11 bits per heavy atom. The fourth-order valence-corrected chi connectivity index (χ4v) is 4.81. The Balaban J connectivity index is 2.36. The number of carbonyl (C=O) groups excluding carboxylic acids is 1. The summed E-state index contributed by atoms with van der Waals surface area (Å²) < 4.78 is 17.9. The number of alkyl halides is 1.